The van der Waals surface area contributed by atoms with E-state index in [4.69, 9.17) is 0 Å². The van der Waals surface area contributed by atoms with Gasteiger partial charge < -0.3 is 10.6 Å². The number of amides is 1. The summed E-state index contributed by atoms with van der Waals surface area (Å²) in [4.78, 5) is 17.1. The molecule has 2 fully saturated rings. The Kier molecular flexibility index (Phi) is 10.4. The highest BCUT2D eigenvalue weighted by molar-refractivity contribution is 5.85. The summed E-state index contributed by atoms with van der Waals surface area (Å²) in [6.07, 6.45) is 1.94. The summed E-state index contributed by atoms with van der Waals surface area (Å²) in [5.74, 6) is -0.0906. The molecule has 0 aliphatic carbocycles. The van der Waals surface area contributed by atoms with Gasteiger partial charge in [0.2, 0.25) is 5.91 Å². The monoisotopic (exact) mass is 406 g/mol. The molecule has 1 aromatic rings. The Hall–Kier alpha value is -0.920. The summed E-state index contributed by atoms with van der Waals surface area (Å²) in [6.45, 7) is 7.41. The number of carbonyl (C=O) groups is 1. The van der Waals surface area contributed by atoms with Crippen LogP contribution in [0.25, 0.3) is 0 Å². The van der Waals surface area contributed by atoms with Gasteiger partial charge in [-0.25, -0.2) is 4.39 Å². The summed E-state index contributed by atoms with van der Waals surface area (Å²) < 4.78 is 13.0. The molecule has 0 spiro atoms. The molecule has 5 nitrogen and oxygen atoms in total. The molecule has 1 amide bonds. The number of benzene rings is 1. The molecule has 3 rings (SSSR count). The SMILES string of the molecule is Cl.Cl.O=C(NCCN1CCNCC1)C1CCCN1Cc1ccc(F)cc1. The number of likely N-dealkylation sites (tertiary alicyclic amines) is 1. The van der Waals surface area contributed by atoms with E-state index in [0.29, 0.717) is 13.1 Å². The van der Waals surface area contributed by atoms with Crippen LogP contribution in [0.3, 0.4) is 0 Å². The van der Waals surface area contributed by atoms with Gasteiger partial charge in [-0.3, -0.25) is 14.6 Å². The molecule has 2 saturated heterocycles. The van der Waals surface area contributed by atoms with Crippen molar-refractivity contribution < 1.29 is 9.18 Å². The highest BCUT2D eigenvalue weighted by atomic mass is 35.5. The minimum Gasteiger partial charge on any atom is -0.353 e. The van der Waals surface area contributed by atoms with Crippen molar-refractivity contribution in [3.8, 4) is 0 Å². The van der Waals surface area contributed by atoms with E-state index in [0.717, 1.165) is 57.7 Å². The zero-order chi connectivity index (χ0) is 16.8. The maximum atomic E-state index is 13.0. The van der Waals surface area contributed by atoms with Crippen molar-refractivity contribution in [2.45, 2.75) is 25.4 Å². The van der Waals surface area contributed by atoms with E-state index in [1.54, 1.807) is 12.1 Å². The number of nitrogens with one attached hydrogen (secondary N) is 2. The van der Waals surface area contributed by atoms with Crippen LogP contribution in [-0.4, -0.2) is 67.6 Å². The summed E-state index contributed by atoms with van der Waals surface area (Å²) in [7, 11) is 0. The first-order valence-corrected chi connectivity index (χ1v) is 8.91. The molecule has 1 atom stereocenters. The number of halogens is 3. The molecule has 0 radical (unpaired) electrons. The van der Waals surface area contributed by atoms with Gasteiger partial charge in [0.1, 0.15) is 5.82 Å². The normalized spacial score (nSPS) is 20.9. The van der Waals surface area contributed by atoms with Crippen LogP contribution in [0.4, 0.5) is 4.39 Å². The number of rotatable bonds is 6. The second-order valence-electron chi connectivity index (χ2n) is 6.64. The molecule has 0 bridgehead atoms. The molecule has 26 heavy (non-hydrogen) atoms. The Balaban J connectivity index is 0.00000169. The van der Waals surface area contributed by atoms with Crippen LogP contribution in [0.2, 0.25) is 0 Å². The number of nitrogens with zero attached hydrogens (tertiary/aromatic N) is 2. The van der Waals surface area contributed by atoms with Crippen LogP contribution in [0, 0.1) is 5.82 Å². The first kappa shape index (κ1) is 23.1. The van der Waals surface area contributed by atoms with Crippen molar-refractivity contribution in [2.75, 3.05) is 45.8 Å². The third kappa shape index (κ3) is 6.67. The van der Waals surface area contributed by atoms with Crippen molar-refractivity contribution in [3.05, 3.63) is 35.6 Å². The number of carbonyl (C=O) groups excluding carboxylic acids is 1. The Morgan fingerprint density at radius 3 is 2.54 bits per heavy atom. The van der Waals surface area contributed by atoms with Crippen molar-refractivity contribution in [1.82, 2.24) is 20.4 Å². The summed E-state index contributed by atoms with van der Waals surface area (Å²) >= 11 is 0. The fraction of sp³-hybridized carbons (Fsp3) is 0.611. The Bertz CT molecular complexity index is 540. The van der Waals surface area contributed by atoms with Gasteiger partial charge in [-0.1, -0.05) is 12.1 Å². The van der Waals surface area contributed by atoms with Gasteiger partial charge in [-0.15, -0.1) is 24.8 Å². The minimum atomic E-state index is -0.220. The lowest BCUT2D eigenvalue weighted by molar-refractivity contribution is -0.125. The highest BCUT2D eigenvalue weighted by Gasteiger charge is 2.30. The maximum absolute atomic E-state index is 13.0. The van der Waals surface area contributed by atoms with Gasteiger partial charge in [0.05, 0.1) is 6.04 Å². The predicted octanol–water partition coefficient (Wildman–Crippen LogP) is 1.66. The van der Waals surface area contributed by atoms with Crippen LogP contribution in [-0.2, 0) is 11.3 Å². The van der Waals surface area contributed by atoms with Crippen molar-refractivity contribution >= 4 is 30.7 Å². The second kappa shape index (κ2) is 11.7. The molecule has 0 aromatic heterocycles. The van der Waals surface area contributed by atoms with Crippen LogP contribution < -0.4 is 10.6 Å². The van der Waals surface area contributed by atoms with Gasteiger partial charge in [-0.05, 0) is 37.1 Å². The van der Waals surface area contributed by atoms with Gasteiger partial charge in [-0.2, -0.15) is 0 Å². The first-order valence-electron chi connectivity index (χ1n) is 8.91. The van der Waals surface area contributed by atoms with Crippen LogP contribution in [0.1, 0.15) is 18.4 Å². The van der Waals surface area contributed by atoms with E-state index in [9.17, 15) is 9.18 Å². The van der Waals surface area contributed by atoms with E-state index in [1.165, 1.54) is 12.1 Å². The zero-order valence-electron chi connectivity index (χ0n) is 15.0. The quantitative estimate of drug-likeness (QED) is 0.753. The van der Waals surface area contributed by atoms with Crippen LogP contribution in [0.15, 0.2) is 24.3 Å². The third-order valence-corrected chi connectivity index (χ3v) is 4.90. The van der Waals surface area contributed by atoms with Crippen molar-refractivity contribution in [3.63, 3.8) is 0 Å². The molecule has 2 heterocycles. The molecule has 2 aliphatic rings. The topological polar surface area (TPSA) is 47.6 Å². The molecule has 0 saturated carbocycles. The summed E-state index contributed by atoms with van der Waals surface area (Å²) in [6, 6.07) is 6.50. The Morgan fingerprint density at radius 1 is 1.15 bits per heavy atom. The third-order valence-electron chi connectivity index (χ3n) is 4.90. The van der Waals surface area contributed by atoms with E-state index in [1.807, 2.05) is 0 Å². The predicted molar refractivity (Wildman–Crippen MR) is 107 cm³/mol. The standard InChI is InChI=1S/C18H27FN4O.2ClH/c19-16-5-3-15(4-6-16)14-23-10-1-2-17(23)18(24)21-9-13-22-11-7-20-8-12-22;;/h3-6,17,20H,1-2,7-14H2,(H,21,24);2*1H. The lowest BCUT2D eigenvalue weighted by Gasteiger charge is -2.28. The summed E-state index contributed by atoms with van der Waals surface area (Å²) in [5.41, 5.74) is 1.05. The van der Waals surface area contributed by atoms with E-state index in [-0.39, 0.29) is 42.6 Å². The average Bonchev–Trinajstić information content (AvgIpc) is 3.06. The molecule has 1 aromatic carbocycles. The van der Waals surface area contributed by atoms with Crippen LogP contribution in [0.5, 0.6) is 0 Å². The molecule has 1 unspecified atom stereocenters. The van der Waals surface area contributed by atoms with E-state index in [2.05, 4.69) is 20.4 Å². The number of piperazine rings is 1. The minimum absolute atomic E-state index is 0. The highest BCUT2D eigenvalue weighted by Crippen LogP contribution is 2.20. The van der Waals surface area contributed by atoms with Gasteiger partial charge in [0.15, 0.2) is 0 Å². The smallest absolute Gasteiger partial charge is 0.237 e. The van der Waals surface area contributed by atoms with Gasteiger partial charge in [0.25, 0.3) is 0 Å². The van der Waals surface area contributed by atoms with Crippen LogP contribution >= 0.6 is 24.8 Å². The molecule has 148 valence electrons. The largest absolute Gasteiger partial charge is 0.353 e. The lowest BCUT2D eigenvalue weighted by atomic mass is 10.1. The fourth-order valence-corrected chi connectivity index (χ4v) is 3.53. The molecule has 2 aliphatic heterocycles. The van der Waals surface area contributed by atoms with Gasteiger partial charge >= 0.3 is 0 Å². The number of hydrogen-bond donors (Lipinski definition) is 2. The zero-order valence-corrected chi connectivity index (χ0v) is 16.6. The van der Waals surface area contributed by atoms with Crippen molar-refractivity contribution in [1.29, 1.82) is 0 Å². The molecule has 2 N–H and O–H groups in total. The average molecular weight is 407 g/mol. The summed E-state index contributed by atoms with van der Waals surface area (Å²) in [5, 5.41) is 6.43. The Labute approximate surface area is 167 Å². The van der Waals surface area contributed by atoms with E-state index >= 15 is 0 Å². The second-order valence-corrected chi connectivity index (χ2v) is 6.64. The van der Waals surface area contributed by atoms with E-state index < -0.39 is 0 Å². The van der Waals surface area contributed by atoms with Gasteiger partial charge in [0, 0.05) is 45.8 Å². The molecular formula is C18H29Cl2FN4O. The molecule has 8 heteroatoms. The maximum Gasteiger partial charge on any atom is 0.237 e. The fourth-order valence-electron chi connectivity index (χ4n) is 3.53. The lowest BCUT2D eigenvalue weighted by Crippen LogP contribution is -2.48. The van der Waals surface area contributed by atoms with Crippen molar-refractivity contribution in [2.24, 2.45) is 0 Å². The number of hydrogen-bond acceptors (Lipinski definition) is 4. The Morgan fingerprint density at radius 2 is 1.85 bits per heavy atom. The first-order chi connectivity index (χ1) is 11.7. The molecular weight excluding hydrogens is 378 g/mol.